The van der Waals surface area contributed by atoms with E-state index >= 15 is 0 Å². The minimum absolute atomic E-state index is 0.0229. The van der Waals surface area contributed by atoms with Gasteiger partial charge in [-0.3, -0.25) is 0 Å². The molecule has 0 unspecified atom stereocenters. The first-order valence-corrected chi connectivity index (χ1v) is 15.7. The largest absolute Gasteiger partial charge is 0.495 e. The van der Waals surface area contributed by atoms with Gasteiger partial charge >= 0.3 is 0 Å². The van der Waals surface area contributed by atoms with Crippen molar-refractivity contribution in [1.29, 1.82) is 0 Å². The second-order valence-corrected chi connectivity index (χ2v) is 14.1. The van der Waals surface area contributed by atoms with Crippen molar-refractivity contribution >= 4 is 20.0 Å². The summed E-state index contributed by atoms with van der Waals surface area (Å²) in [6.45, 7) is 7.17. The molecule has 0 amide bonds. The number of benzene rings is 2. The number of ether oxygens (including phenoxy) is 2. The van der Waals surface area contributed by atoms with Crippen LogP contribution in [0.3, 0.4) is 0 Å². The number of sulfonamides is 2. The fourth-order valence-electron chi connectivity index (χ4n) is 4.23. The van der Waals surface area contributed by atoms with E-state index in [1.54, 1.807) is 44.2 Å². The average Bonchev–Trinajstić information content (AvgIpc) is 2.89. The molecular weight excluding hydrogens is 540 g/mol. The Morgan fingerprint density at radius 1 is 1.21 bits per heavy atom. The van der Waals surface area contributed by atoms with Gasteiger partial charge in [0.25, 0.3) is 0 Å². The zero-order valence-electron chi connectivity index (χ0n) is 23.3. The van der Waals surface area contributed by atoms with E-state index in [9.17, 15) is 21.9 Å². The Morgan fingerprint density at radius 3 is 2.54 bits per heavy atom. The molecule has 1 aliphatic heterocycles. The van der Waals surface area contributed by atoms with Gasteiger partial charge in [-0.25, -0.2) is 16.8 Å². The van der Waals surface area contributed by atoms with Gasteiger partial charge in [-0.2, -0.15) is 8.61 Å². The third kappa shape index (κ3) is 6.94. The van der Waals surface area contributed by atoms with Gasteiger partial charge in [0.05, 0.1) is 20.3 Å². The van der Waals surface area contributed by atoms with Crippen LogP contribution in [0.1, 0.15) is 39.7 Å². The zero-order valence-corrected chi connectivity index (χ0v) is 24.9. The first kappa shape index (κ1) is 30.9. The maximum absolute atomic E-state index is 13.7. The molecule has 0 bridgehead atoms. The highest BCUT2D eigenvalue weighted by molar-refractivity contribution is 7.89. The molecule has 0 fully saturated rings. The van der Waals surface area contributed by atoms with E-state index in [1.807, 2.05) is 0 Å². The fourth-order valence-corrected chi connectivity index (χ4v) is 7.39. The Labute approximate surface area is 232 Å². The van der Waals surface area contributed by atoms with Crippen LogP contribution in [0, 0.1) is 23.7 Å². The maximum atomic E-state index is 13.7. The molecule has 3 rings (SSSR count). The average molecular weight is 579 g/mol. The second-order valence-electron chi connectivity index (χ2n) is 10.2. The predicted molar refractivity (Wildman–Crippen MR) is 150 cm³/mol. The summed E-state index contributed by atoms with van der Waals surface area (Å²) in [4.78, 5) is -0.0286. The molecular formula is C28H38N2O7S2. The lowest BCUT2D eigenvalue weighted by molar-refractivity contribution is 0.0904. The Hall–Kier alpha value is -2.62. The molecule has 2 aromatic carbocycles. The molecule has 1 N–H and O–H groups in total. The maximum Gasteiger partial charge on any atom is 0.247 e. The summed E-state index contributed by atoms with van der Waals surface area (Å²) in [6.07, 6.45) is -0.0236. The van der Waals surface area contributed by atoms with Crippen LogP contribution >= 0.6 is 0 Å². The highest BCUT2D eigenvalue weighted by atomic mass is 32.2. The van der Waals surface area contributed by atoms with Crippen molar-refractivity contribution < 1.29 is 31.4 Å². The summed E-state index contributed by atoms with van der Waals surface area (Å²) in [7, 11) is -5.11. The molecule has 2 aromatic rings. The van der Waals surface area contributed by atoms with Crippen LogP contribution in [0.25, 0.3) is 0 Å². The van der Waals surface area contributed by atoms with E-state index in [0.29, 0.717) is 17.9 Å². The van der Waals surface area contributed by atoms with E-state index in [1.165, 1.54) is 34.9 Å². The van der Waals surface area contributed by atoms with Gasteiger partial charge in [-0.05, 0) is 43.2 Å². The number of nitrogens with zero attached hydrogens (tertiary/aromatic N) is 2. The van der Waals surface area contributed by atoms with Crippen LogP contribution in [-0.4, -0.2) is 76.6 Å². The van der Waals surface area contributed by atoms with Crippen molar-refractivity contribution in [2.75, 3.05) is 33.9 Å². The molecule has 39 heavy (non-hydrogen) atoms. The van der Waals surface area contributed by atoms with Crippen molar-refractivity contribution in [2.24, 2.45) is 11.8 Å². The molecule has 9 nitrogen and oxygen atoms in total. The lowest BCUT2D eigenvalue weighted by atomic mass is 10.0. The Bertz CT molecular complexity index is 1430. The number of hydrogen-bond donors (Lipinski definition) is 1. The number of para-hydroxylation sites is 1. The molecule has 1 heterocycles. The van der Waals surface area contributed by atoms with Gasteiger partial charge < -0.3 is 14.6 Å². The van der Waals surface area contributed by atoms with Crippen LogP contribution in [0.4, 0.5) is 0 Å². The van der Waals surface area contributed by atoms with E-state index in [0.717, 1.165) is 0 Å². The topological polar surface area (TPSA) is 113 Å². The van der Waals surface area contributed by atoms with Crippen LogP contribution in [0.15, 0.2) is 52.3 Å². The van der Waals surface area contributed by atoms with Crippen LogP contribution in [-0.2, 0) is 20.0 Å². The van der Waals surface area contributed by atoms with Crippen LogP contribution in [0.5, 0.6) is 11.5 Å². The molecule has 0 spiro atoms. The number of methoxy groups -OCH3 is 1. The standard InChI is InChI=1S/C28H38N2O7S2/c1-20(2)10-9-11-23-14-15-28-25(16-23)37-26(21(3)17-30(22(4)19-31)39(28,34)35)18-29(5)38(32,33)27-13-8-7-12-24(27)36-6/h7-8,12-16,20-22,26,31H,10,17-19H2,1-6H3/t21-,22+,26+/m1/s1. The van der Waals surface area contributed by atoms with E-state index in [-0.39, 0.29) is 41.0 Å². The number of fused-ring (bicyclic) bond motifs is 1. The van der Waals surface area contributed by atoms with Gasteiger partial charge in [0.15, 0.2) is 0 Å². The zero-order chi connectivity index (χ0) is 29.0. The number of likely N-dealkylation sites (N-methyl/N-ethyl adjacent to an activating group) is 1. The Balaban J connectivity index is 2.06. The number of rotatable bonds is 8. The Morgan fingerprint density at radius 2 is 1.90 bits per heavy atom. The second kappa shape index (κ2) is 12.7. The minimum Gasteiger partial charge on any atom is -0.495 e. The number of aliphatic hydroxyl groups is 1. The van der Waals surface area contributed by atoms with Crippen molar-refractivity contribution in [3.8, 4) is 23.3 Å². The number of aliphatic hydroxyl groups excluding tert-OH is 1. The van der Waals surface area contributed by atoms with Crippen molar-refractivity contribution in [2.45, 2.75) is 56.1 Å². The van der Waals surface area contributed by atoms with Gasteiger partial charge in [-0.15, -0.1) is 0 Å². The van der Waals surface area contributed by atoms with E-state index < -0.39 is 38.1 Å². The van der Waals surface area contributed by atoms with Gasteiger partial charge in [0.1, 0.15) is 27.4 Å². The normalized spacial score (nSPS) is 20.2. The summed E-state index contributed by atoms with van der Waals surface area (Å²) in [5, 5.41) is 9.84. The van der Waals surface area contributed by atoms with E-state index in [4.69, 9.17) is 9.47 Å². The number of hydrogen-bond acceptors (Lipinski definition) is 7. The quantitative estimate of drug-likeness (QED) is 0.479. The summed E-state index contributed by atoms with van der Waals surface area (Å²) in [5.74, 6) is 6.44. The summed E-state index contributed by atoms with van der Waals surface area (Å²) < 4.78 is 68.3. The van der Waals surface area contributed by atoms with Gasteiger partial charge in [0.2, 0.25) is 20.0 Å². The summed E-state index contributed by atoms with van der Waals surface area (Å²) >= 11 is 0. The lowest BCUT2D eigenvalue weighted by Gasteiger charge is -2.37. The molecule has 214 valence electrons. The SMILES string of the molecule is COc1ccccc1S(=O)(=O)N(C)C[C@@H]1Oc2cc(C#CCC(C)C)ccc2S(=O)(=O)N([C@@H](C)CO)C[C@H]1C. The third-order valence-corrected chi connectivity index (χ3v) is 10.5. The van der Waals surface area contributed by atoms with Crippen molar-refractivity contribution in [1.82, 2.24) is 8.61 Å². The molecule has 1 aliphatic rings. The summed E-state index contributed by atoms with van der Waals surface area (Å²) in [6, 6.07) is 10.3. The molecule has 0 aromatic heterocycles. The van der Waals surface area contributed by atoms with Gasteiger partial charge in [-0.1, -0.05) is 44.7 Å². The predicted octanol–water partition coefficient (Wildman–Crippen LogP) is 3.18. The molecule has 0 saturated heterocycles. The molecule has 11 heteroatoms. The Kier molecular flexibility index (Phi) is 10.1. The third-order valence-electron chi connectivity index (χ3n) is 6.60. The monoisotopic (exact) mass is 578 g/mol. The highest BCUT2D eigenvalue weighted by Gasteiger charge is 2.39. The first-order chi connectivity index (χ1) is 18.3. The van der Waals surface area contributed by atoms with Gasteiger partial charge in [0, 0.05) is 37.5 Å². The minimum atomic E-state index is -4.02. The van der Waals surface area contributed by atoms with Crippen LogP contribution in [0.2, 0.25) is 0 Å². The van der Waals surface area contributed by atoms with Crippen molar-refractivity contribution in [3.63, 3.8) is 0 Å². The van der Waals surface area contributed by atoms with Crippen molar-refractivity contribution in [3.05, 3.63) is 48.0 Å². The fraction of sp³-hybridized carbons (Fsp3) is 0.500. The lowest BCUT2D eigenvalue weighted by Crippen LogP contribution is -2.50. The van der Waals surface area contributed by atoms with Crippen LogP contribution < -0.4 is 9.47 Å². The highest BCUT2D eigenvalue weighted by Crippen LogP contribution is 2.35. The summed E-state index contributed by atoms with van der Waals surface area (Å²) in [5.41, 5.74) is 0.591. The van der Waals surface area contributed by atoms with E-state index in [2.05, 4.69) is 25.7 Å². The molecule has 0 radical (unpaired) electrons. The molecule has 3 atom stereocenters. The smallest absolute Gasteiger partial charge is 0.247 e. The molecule has 0 saturated carbocycles. The first-order valence-electron chi connectivity index (χ1n) is 12.8. The molecule has 0 aliphatic carbocycles.